The minimum atomic E-state index is -1.66. The van der Waals surface area contributed by atoms with Crippen LogP contribution in [0.15, 0.2) is 72.8 Å². The van der Waals surface area contributed by atoms with Crippen molar-refractivity contribution in [2.24, 2.45) is 10.8 Å². The standard InChI is InChI=1S/C26H20ClNO4/c1-15-7-13-18(14-8-15)28-23(30)26-21(19-5-3-4-6-20(19)32-24(26)31)25(26,2)22(29)16-9-11-17(27)12-10-16/h3-14,21H,1-2H3,(H,28,30)/t21-,25-,26-/m0/s1. The van der Waals surface area contributed by atoms with Gasteiger partial charge in [0.1, 0.15) is 5.75 Å². The minimum Gasteiger partial charge on any atom is -0.425 e. The molecule has 32 heavy (non-hydrogen) atoms. The molecule has 1 saturated carbocycles. The van der Waals surface area contributed by atoms with Crippen molar-refractivity contribution in [3.8, 4) is 5.75 Å². The Kier molecular flexibility index (Phi) is 4.50. The maximum absolute atomic E-state index is 13.7. The highest BCUT2D eigenvalue weighted by atomic mass is 35.5. The van der Waals surface area contributed by atoms with E-state index in [9.17, 15) is 14.4 Å². The molecule has 5 nitrogen and oxygen atoms in total. The zero-order chi connectivity index (χ0) is 22.7. The van der Waals surface area contributed by atoms with Crippen molar-refractivity contribution in [3.05, 3.63) is 94.5 Å². The molecule has 5 rings (SSSR count). The summed E-state index contributed by atoms with van der Waals surface area (Å²) in [5.41, 5.74) is -0.315. The fourth-order valence-corrected chi connectivity index (χ4v) is 5.15. The van der Waals surface area contributed by atoms with Crippen molar-refractivity contribution >= 4 is 34.9 Å². The monoisotopic (exact) mass is 445 g/mol. The van der Waals surface area contributed by atoms with Gasteiger partial charge in [-0.15, -0.1) is 0 Å². The second-order valence-electron chi connectivity index (χ2n) is 8.53. The van der Waals surface area contributed by atoms with Crippen LogP contribution < -0.4 is 10.1 Å². The number of anilines is 1. The number of ether oxygens (including phenoxy) is 1. The molecule has 1 heterocycles. The Labute approximate surface area is 190 Å². The van der Waals surface area contributed by atoms with Gasteiger partial charge in [0.15, 0.2) is 11.2 Å². The number of amides is 1. The second kappa shape index (κ2) is 7.04. The van der Waals surface area contributed by atoms with Crippen molar-refractivity contribution in [1.82, 2.24) is 0 Å². The van der Waals surface area contributed by atoms with Gasteiger partial charge in [-0.05, 0) is 56.3 Å². The van der Waals surface area contributed by atoms with Crippen LogP contribution in [-0.4, -0.2) is 17.7 Å². The average Bonchev–Trinajstić information content (AvgIpc) is 3.39. The van der Waals surface area contributed by atoms with Crippen molar-refractivity contribution in [1.29, 1.82) is 0 Å². The average molecular weight is 446 g/mol. The first-order chi connectivity index (χ1) is 15.3. The highest BCUT2D eigenvalue weighted by molar-refractivity contribution is 6.30. The topological polar surface area (TPSA) is 72.5 Å². The minimum absolute atomic E-state index is 0.299. The third-order valence-corrected chi connectivity index (χ3v) is 7.00. The van der Waals surface area contributed by atoms with Gasteiger partial charge in [0.05, 0.1) is 5.41 Å². The molecule has 1 aliphatic carbocycles. The highest BCUT2D eigenvalue weighted by Crippen LogP contribution is 2.78. The lowest BCUT2D eigenvalue weighted by Crippen LogP contribution is -2.42. The first kappa shape index (κ1) is 20.5. The van der Waals surface area contributed by atoms with E-state index >= 15 is 0 Å². The van der Waals surface area contributed by atoms with Crippen LogP contribution in [0.1, 0.15) is 34.3 Å². The fraction of sp³-hybridized carbons (Fsp3) is 0.192. The zero-order valence-electron chi connectivity index (χ0n) is 17.5. The van der Waals surface area contributed by atoms with Gasteiger partial charge in [-0.1, -0.05) is 47.5 Å². The number of Topliss-reactive ketones (excluding diaryl/α,β-unsaturated/α-hetero) is 1. The van der Waals surface area contributed by atoms with E-state index in [0.717, 1.165) is 5.56 Å². The molecule has 0 unspecified atom stereocenters. The van der Waals surface area contributed by atoms with E-state index in [1.54, 1.807) is 61.5 Å². The normalized spacial score (nSPS) is 25.2. The lowest BCUT2D eigenvalue weighted by molar-refractivity contribution is -0.147. The van der Waals surface area contributed by atoms with Crippen molar-refractivity contribution < 1.29 is 19.1 Å². The van der Waals surface area contributed by atoms with Crippen LogP contribution in [-0.2, 0) is 9.59 Å². The Morgan fingerprint density at radius 3 is 2.31 bits per heavy atom. The molecule has 1 fully saturated rings. The summed E-state index contributed by atoms with van der Waals surface area (Å²) < 4.78 is 5.59. The van der Waals surface area contributed by atoms with E-state index in [2.05, 4.69) is 5.32 Å². The largest absolute Gasteiger partial charge is 0.425 e. The smallest absolute Gasteiger partial charge is 0.328 e. The van der Waals surface area contributed by atoms with Gasteiger partial charge in [0, 0.05) is 27.8 Å². The number of para-hydroxylation sites is 1. The molecule has 1 amide bonds. The van der Waals surface area contributed by atoms with Crippen LogP contribution >= 0.6 is 11.6 Å². The lowest BCUT2D eigenvalue weighted by atomic mass is 9.86. The van der Waals surface area contributed by atoms with Crippen LogP contribution in [0.25, 0.3) is 0 Å². The molecule has 0 saturated heterocycles. The summed E-state index contributed by atoms with van der Waals surface area (Å²) in [6.45, 7) is 3.62. The molecule has 3 aromatic rings. The zero-order valence-corrected chi connectivity index (χ0v) is 18.3. The second-order valence-corrected chi connectivity index (χ2v) is 8.96. The molecule has 1 N–H and O–H groups in total. The maximum Gasteiger partial charge on any atom is 0.328 e. The number of aryl methyl sites for hydroxylation is 1. The predicted molar refractivity (Wildman–Crippen MR) is 121 cm³/mol. The van der Waals surface area contributed by atoms with Gasteiger partial charge in [-0.2, -0.15) is 0 Å². The number of nitrogens with one attached hydrogen (secondary N) is 1. The van der Waals surface area contributed by atoms with Gasteiger partial charge in [-0.25, -0.2) is 0 Å². The quantitative estimate of drug-likeness (QED) is 0.260. The van der Waals surface area contributed by atoms with E-state index in [0.29, 0.717) is 27.6 Å². The summed E-state index contributed by atoms with van der Waals surface area (Å²) in [6.07, 6.45) is 0. The van der Waals surface area contributed by atoms with Gasteiger partial charge in [0.2, 0.25) is 5.91 Å². The van der Waals surface area contributed by atoms with Crippen LogP contribution in [0.2, 0.25) is 5.02 Å². The molecule has 3 atom stereocenters. The van der Waals surface area contributed by atoms with Crippen LogP contribution in [0.5, 0.6) is 5.75 Å². The summed E-state index contributed by atoms with van der Waals surface area (Å²) in [5.74, 6) is -1.81. The molecule has 0 bridgehead atoms. The van der Waals surface area contributed by atoms with E-state index < -0.39 is 28.6 Å². The number of benzene rings is 3. The molecule has 0 aromatic heterocycles. The molecule has 2 aliphatic rings. The van der Waals surface area contributed by atoms with E-state index in [4.69, 9.17) is 16.3 Å². The fourth-order valence-electron chi connectivity index (χ4n) is 5.02. The Bertz CT molecular complexity index is 1270. The number of fused-ring (bicyclic) bond motifs is 3. The van der Waals surface area contributed by atoms with Gasteiger partial charge in [0.25, 0.3) is 0 Å². The summed E-state index contributed by atoms with van der Waals surface area (Å²) >= 11 is 5.99. The van der Waals surface area contributed by atoms with Gasteiger partial charge in [-0.3, -0.25) is 14.4 Å². The number of rotatable bonds is 4. The summed E-state index contributed by atoms with van der Waals surface area (Å²) in [5, 5.41) is 3.34. The summed E-state index contributed by atoms with van der Waals surface area (Å²) in [6, 6.07) is 20.8. The van der Waals surface area contributed by atoms with Gasteiger partial charge < -0.3 is 10.1 Å². The number of esters is 1. The number of carbonyl (C=O) groups excluding carboxylic acids is 3. The Morgan fingerprint density at radius 2 is 1.62 bits per heavy atom. The molecule has 0 spiro atoms. The van der Waals surface area contributed by atoms with Crippen molar-refractivity contribution in [3.63, 3.8) is 0 Å². The van der Waals surface area contributed by atoms with Crippen LogP contribution in [0.3, 0.4) is 0 Å². The lowest BCUT2D eigenvalue weighted by Gasteiger charge is -2.23. The first-order valence-corrected chi connectivity index (χ1v) is 10.7. The molecule has 160 valence electrons. The third kappa shape index (κ3) is 2.67. The molecular formula is C26H20ClNO4. The maximum atomic E-state index is 13.7. The molecule has 3 aromatic carbocycles. The molecule has 1 aliphatic heterocycles. The van der Waals surface area contributed by atoms with E-state index in [1.807, 2.05) is 25.1 Å². The number of carbonyl (C=O) groups is 3. The Balaban J connectivity index is 1.62. The third-order valence-electron chi connectivity index (χ3n) is 6.75. The van der Waals surface area contributed by atoms with E-state index in [-0.39, 0.29) is 5.78 Å². The molecular weight excluding hydrogens is 426 g/mol. The number of halogens is 1. The molecule has 0 radical (unpaired) electrons. The SMILES string of the molecule is Cc1ccc(NC(=O)[C@]23C(=O)Oc4ccccc4[C@H]2[C@@]3(C)C(=O)c2ccc(Cl)cc2)cc1. The van der Waals surface area contributed by atoms with Crippen molar-refractivity contribution in [2.45, 2.75) is 19.8 Å². The predicted octanol–water partition coefficient (Wildman–Crippen LogP) is 5.18. The van der Waals surface area contributed by atoms with Crippen LogP contribution in [0, 0.1) is 17.8 Å². The van der Waals surface area contributed by atoms with Crippen LogP contribution in [0.4, 0.5) is 5.69 Å². The number of hydrogen-bond acceptors (Lipinski definition) is 4. The summed E-state index contributed by atoms with van der Waals surface area (Å²) in [7, 11) is 0. The van der Waals surface area contributed by atoms with E-state index in [1.165, 1.54) is 0 Å². The van der Waals surface area contributed by atoms with Gasteiger partial charge >= 0.3 is 5.97 Å². The Hall–Kier alpha value is -3.44. The summed E-state index contributed by atoms with van der Waals surface area (Å²) in [4.78, 5) is 40.7. The number of hydrogen-bond donors (Lipinski definition) is 1. The van der Waals surface area contributed by atoms with Crippen molar-refractivity contribution in [2.75, 3.05) is 5.32 Å². The molecule has 6 heteroatoms. The Morgan fingerprint density at radius 1 is 0.969 bits per heavy atom. The number of ketones is 1. The highest BCUT2D eigenvalue weighted by Gasteiger charge is 2.88. The first-order valence-electron chi connectivity index (χ1n) is 10.3.